The molecule has 0 radical (unpaired) electrons. The largest absolute Gasteiger partial charge is 0.368 e. The van der Waals surface area contributed by atoms with Crippen LogP contribution in [0.25, 0.3) is 0 Å². The molecule has 2 bridgehead atoms. The summed E-state index contributed by atoms with van der Waals surface area (Å²) in [6.45, 7) is 10.6. The van der Waals surface area contributed by atoms with Crippen LogP contribution in [0.1, 0.15) is 131 Å². The third-order valence-corrected chi connectivity index (χ3v) is 7.33. The zero-order chi connectivity index (χ0) is 23.0. The van der Waals surface area contributed by atoms with Crippen molar-refractivity contribution in [3.63, 3.8) is 0 Å². The summed E-state index contributed by atoms with van der Waals surface area (Å²) in [5.74, 6) is 0.617. The number of unbranched alkanes of at least 4 members (excludes halogenated alkanes) is 8. The smallest absolute Gasteiger partial charge is 0.223 e. The van der Waals surface area contributed by atoms with Gasteiger partial charge in [0.05, 0.1) is 5.60 Å². The molecule has 0 aliphatic heterocycles. The predicted octanol–water partition coefficient (Wildman–Crippen LogP) is 6.75. The average Bonchev–Trinajstić information content (AvgIpc) is 2.65. The first kappa shape index (κ1) is 26.4. The Bertz CT molecular complexity index is 558. The summed E-state index contributed by atoms with van der Waals surface area (Å²) in [5.41, 5.74) is -0.599. The maximum Gasteiger partial charge on any atom is 0.223 e. The average molecular weight is 436 g/mol. The topological polar surface area (TPSA) is 55.4 Å². The number of hydrogen-bond acceptors (Lipinski definition) is 3. The molecule has 4 nitrogen and oxygen atoms in total. The first-order chi connectivity index (χ1) is 14.7. The van der Waals surface area contributed by atoms with Gasteiger partial charge in [0, 0.05) is 16.9 Å². The van der Waals surface area contributed by atoms with Gasteiger partial charge in [-0.2, -0.15) is 0 Å². The van der Waals surface area contributed by atoms with Crippen LogP contribution in [0.4, 0.5) is 0 Å². The van der Waals surface area contributed by atoms with Crippen LogP contribution in [0.3, 0.4) is 0 Å². The molecule has 1 N–H and O–H groups in total. The van der Waals surface area contributed by atoms with E-state index in [4.69, 9.17) is 4.74 Å². The van der Waals surface area contributed by atoms with E-state index in [9.17, 15) is 9.59 Å². The molecule has 3 aliphatic rings. The number of Topliss-reactive ketones (excluding diaryl/α,β-unsaturated/α-hetero) is 1. The molecule has 1 atom stereocenters. The van der Waals surface area contributed by atoms with Crippen molar-refractivity contribution in [1.82, 2.24) is 5.32 Å². The molecular weight excluding hydrogens is 386 g/mol. The highest BCUT2D eigenvalue weighted by molar-refractivity contribution is 5.91. The number of carbonyl (C=O) groups is 2. The Kier molecular flexibility index (Phi) is 10.0. The van der Waals surface area contributed by atoms with Crippen molar-refractivity contribution >= 4 is 11.7 Å². The zero-order valence-electron chi connectivity index (χ0n) is 21.1. The molecule has 180 valence electrons. The lowest BCUT2D eigenvalue weighted by Gasteiger charge is -2.69. The van der Waals surface area contributed by atoms with Gasteiger partial charge in [0.25, 0.3) is 0 Å². The van der Waals surface area contributed by atoms with Crippen LogP contribution in [0.2, 0.25) is 0 Å². The Morgan fingerprint density at radius 2 is 1.32 bits per heavy atom. The fourth-order valence-electron chi connectivity index (χ4n) is 5.41. The number of amides is 1. The Morgan fingerprint density at radius 3 is 1.84 bits per heavy atom. The maximum atomic E-state index is 13.1. The van der Waals surface area contributed by atoms with E-state index in [1.807, 2.05) is 20.8 Å². The second-order valence-corrected chi connectivity index (χ2v) is 11.5. The van der Waals surface area contributed by atoms with Crippen LogP contribution < -0.4 is 5.32 Å². The lowest BCUT2D eigenvalue weighted by Crippen LogP contribution is -2.77. The molecule has 0 aromatic carbocycles. The van der Waals surface area contributed by atoms with E-state index in [0.717, 1.165) is 44.9 Å². The van der Waals surface area contributed by atoms with Crippen molar-refractivity contribution in [2.45, 2.75) is 142 Å². The minimum Gasteiger partial charge on any atom is -0.368 e. The Balaban J connectivity index is 1.76. The van der Waals surface area contributed by atoms with Crippen LogP contribution in [0, 0.1) is 11.3 Å². The van der Waals surface area contributed by atoms with Crippen molar-refractivity contribution in [3.05, 3.63) is 0 Å². The van der Waals surface area contributed by atoms with Gasteiger partial charge >= 0.3 is 0 Å². The summed E-state index contributed by atoms with van der Waals surface area (Å²) < 4.78 is 5.70. The summed E-state index contributed by atoms with van der Waals surface area (Å²) in [6.07, 6.45) is 17.0. The van der Waals surface area contributed by atoms with E-state index in [0.29, 0.717) is 0 Å². The van der Waals surface area contributed by atoms with E-state index >= 15 is 0 Å². The third-order valence-electron chi connectivity index (χ3n) is 7.33. The van der Waals surface area contributed by atoms with Crippen molar-refractivity contribution < 1.29 is 14.3 Å². The molecule has 0 heterocycles. The Hall–Kier alpha value is -0.900. The maximum absolute atomic E-state index is 13.1. The van der Waals surface area contributed by atoms with Gasteiger partial charge in [-0.05, 0) is 52.9 Å². The molecule has 3 aliphatic carbocycles. The summed E-state index contributed by atoms with van der Waals surface area (Å²) >= 11 is 0. The SMILES string of the molecule is CCCCCCCCC(CCCCCC)C(=O)NC12CC(C(=O)COC(C)(C)C)(C1)C2. The quantitative estimate of drug-likeness (QED) is 0.257. The van der Waals surface area contributed by atoms with Crippen LogP contribution in [0.5, 0.6) is 0 Å². The molecule has 0 aromatic heterocycles. The van der Waals surface area contributed by atoms with Crippen LogP contribution >= 0.6 is 0 Å². The van der Waals surface area contributed by atoms with Gasteiger partial charge in [-0.25, -0.2) is 0 Å². The first-order valence-corrected chi connectivity index (χ1v) is 13.1. The number of nitrogens with one attached hydrogen (secondary N) is 1. The summed E-state index contributed by atoms with van der Waals surface area (Å²) in [6, 6.07) is 0. The number of ether oxygens (including phenoxy) is 1. The van der Waals surface area contributed by atoms with Gasteiger partial charge in [-0.3, -0.25) is 9.59 Å². The zero-order valence-corrected chi connectivity index (χ0v) is 21.1. The molecule has 0 spiro atoms. The van der Waals surface area contributed by atoms with Crippen LogP contribution in [-0.2, 0) is 14.3 Å². The summed E-state index contributed by atoms with van der Waals surface area (Å²) in [4.78, 5) is 25.7. The van der Waals surface area contributed by atoms with Gasteiger partial charge < -0.3 is 10.1 Å². The highest BCUT2D eigenvalue weighted by Crippen LogP contribution is 2.67. The lowest BCUT2D eigenvalue weighted by atomic mass is 9.38. The van der Waals surface area contributed by atoms with E-state index < -0.39 is 0 Å². The minimum absolute atomic E-state index is 0.0999. The number of hydrogen-bond donors (Lipinski definition) is 1. The number of carbonyl (C=O) groups excluding carboxylic acids is 2. The molecule has 3 saturated carbocycles. The molecule has 1 amide bonds. The molecule has 31 heavy (non-hydrogen) atoms. The molecule has 0 aromatic rings. The molecule has 3 rings (SSSR count). The van der Waals surface area contributed by atoms with E-state index in [1.165, 1.54) is 51.4 Å². The normalized spacial score (nSPS) is 25.5. The Morgan fingerprint density at radius 1 is 0.839 bits per heavy atom. The van der Waals surface area contributed by atoms with E-state index in [-0.39, 0.29) is 40.8 Å². The molecular formula is C27H49NO3. The van der Waals surface area contributed by atoms with Crippen molar-refractivity contribution in [1.29, 1.82) is 0 Å². The van der Waals surface area contributed by atoms with Gasteiger partial charge in [0.1, 0.15) is 6.61 Å². The van der Waals surface area contributed by atoms with E-state index in [1.54, 1.807) is 0 Å². The lowest BCUT2D eigenvalue weighted by molar-refractivity contribution is -0.188. The molecule has 4 heteroatoms. The molecule has 1 unspecified atom stereocenters. The second kappa shape index (κ2) is 11.8. The van der Waals surface area contributed by atoms with Gasteiger partial charge in [-0.15, -0.1) is 0 Å². The molecule has 3 fully saturated rings. The fourth-order valence-corrected chi connectivity index (χ4v) is 5.41. The fraction of sp³-hybridized carbons (Fsp3) is 0.926. The first-order valence-electron chi connectivity index (χ1n) is 13.1. The highest BCUT2D eigenvalue weighted by Gasteiger charge is 2.71. The Labute approximate surface area is 191 Å². The molecule has 0 saturated heterocycles. The van der Waals surface area contributed by atoms with E-state index in [2.05, 4.69) is 19.2 Å². The van der Waals surface area contributed by atoms with Gasteiger partial charge in [-0.1, -0.05) is 78.1 Å². The number of ketones is 1. The summed E-state index contributed by atoms with van der Waals surface area (Å²) in [5, 5.41) is 3.38. The highest BCUT2D eigenvalue weighted by atomic mass is 16.5. The monoisotopic (exact) mass is 435 g/mol. The second-order valence-electron chi connectivity index (χ2n) is 11.5. The van der Waals surface area contributed by atoms with Crippen LogP contribution in [0.15, 0.2) is 0 Å². The third kappa shape index (κ3) is 7.87. The summed E-state index contributed by atoms with van der Waals surface area (Å²) in [7, 11) is 0. The van der Waals surface area contributed by atoms with Crippen LogP contribution in [-0.4, -0.2) is 29.4 Å². The van der Waals surface area contributed by atoms with Crippen molar-refractivity contribution in [2.24, 2.45) is 11.3 Å². The van der Waals surface area contributed by atoms with Gasteiger partial charge in [0.15, 0.2) is 5.78 Å². The van der Waals surface area contributed by atoms with Gasteiger partial charge in [0.2, 0.25) is 5.91 Å². The minimum atomic E-state index is -0.285. The van der Waals surface area contributed by atoms with Crippen molar-refractivity contribution in [3.8, 4) is 0 Å². The standard InChI is InChI=1S/C27H49NO3/c1-6-8-10-12-13-15-17-22(16-14-11-9-7-2)24(30)28-27-19-26(20-27,21-27)23(29)18-31-25(3,4)5/h22H,6-21H2,1-5H3,(H,28,30). The van der Waals surface area contributed by atoms with Crippen molar-refractivity contribution in [2.75, 3.05) is 6.61 Å². The predicted molar refractivity (Wildman–Crippen MR) is 128 cm³/mol. The number of rotatable bonds is 17.